The number of amides is 2. The summed E-state index contributed by atoms with van der Waals surface area (Å²) in [5.41, 5.74) is -1.13. The van der Waals surface area contributed by atoms with Gasteiger partial charge in [0.25, 0.3) is 0 Å². The summed E-state index contributed by atoms with van der Waals surface area (Å²) in [6.45, 7) is 11.2. The van der Waals surface area contributed by atoms with E-state index in [1.165, 1.54) is 19.5 Å². The van der Waals surface area contributed by atoms with Crippen LogP contribution in [-0.4, -0.2) is 118 Å². The molecule has 0 saturated heterocycles. The number of alkyl carbamates (subject to hydrolysis) is 2. The first-order chi connectivity index (χ1) is 24.2. The molecule has 14 nitrogen and oxygen atoms in total. The minimum Gasteiger partial charge on any atom is -0.444 e. The zero-order valence-corrected chi connectivity index (χ0v) is 32.5. The number of alkyl halides is 3. The number of halogens is 3. The van der Waals surface area contributed by atoms with Gasteiger partial charge in [0, 0.05) is 38.2 Å². The molecular weight excluding hydrogens is 709 g/mol. The normalized spacial score (nSPS) is 23.6. The second kappa shape index (κ2) is 18.8. The zero-order chi connectivity index (χ0) is 38.9. The molecule has 2 fully saturated rings. The monoisotopic (exact) mass is 764 g/mol. The van der Waals surface area contributed by atoms with Crippen molar-refractivity contribution in [2.45, 2.75) is 127 Å². The van der Waals surface area contributed by atoms with E-state index in [0.717, 1.165) is 24.2 Å². The SMILES string of the molecule is CN[C@@H]1C[C@H](OCOC)[C@H](NC(=O)OC(C)(C)C)C1.COCO[C@H]1C[C@@H](N(C)c2ncnc3sc(CC(F)(F)F)cc23)C[C@H]1NC(=O)OC(C)(C)C. The maximum Gasteiger partial charge on any atom is 0.407 e. The Morgan fingerprint density at radius 2 is 1.40 bits per heavy atom. The highest BCUT2D eigenvalue weighted by Crippen LogP contribution is 2.36. The lowest BCUT2D eigenvalue weighted by Crippen LogP contribution is -2.44. The number of ether oxygens (including phenoxy) is 6. The molecule has 18 heteroatoms. The van der Waals surface area contributed by atoms with E-state index >= 15 is 0 Å². The van der Waals surface area contributed by atoms with Crippen LogP contribution in [0.1, 0.15) is 72.1 Å². The predicted octanol–water partition coefficient (Wildman–Crippen LogP) is 5.53. The van der Waals surface area contributed by atoms with E-state index in [1.807, 2.05) is 39.8 Å². The third kappa shape index (κ3) is 14.1. The number of rotatable bonds is 12. The highest BCUT2D eigenvalue weighted by atomic mass is 32.1. The van der Waals surface area contributed by atoms with E-state index in [-0.39, 0.29) is 48.8 Å². The van der Waals surface area contributed by atoms with Crippen LogP contribution in [0.2, 0.25) is 0 Å². The highest BCUT2D eigenvalue weighted by Gasteiger charge is 2.40. The molecule has 0 bridgehead atoms. The van der Waals surface area contributed by atoms with Crippen molar-refractivity contribution in [1.29, 1.82) is 0 Å². The predicted molar refractivity (Wildman–Crippen MR) is 190 cm³/mol. The summed E-state index contributed by atoms with van der Waals surface area (Å²) in [5.74, 6) is 0.540. The molecule has 0 unspecified atom stereocenters. The molecule has 0 radical (unpaired) electrons. The largest absolute Gasteiger partial charge is 0.444 e. The van der Waals surface area contributed by atoms with Gasteiger partial charge in [-0.3, -0.25) is 0 Å². The molecule has 2 heterocycles. The van der Waals surface area contributed by atoms with Gasteiger partial charge in [0.15, 0.2) is 0 Å². The molecule has 2 aromatic rings. The Bertz CT molecular complexity index is 1440. The first kappa shape index (κ1) is 43.4. The molecule has 0 spiro atoms. The van der Waals surface area contributed by atoms with E-state index in [4.69, 9.17) is 28.4 Å². The van der Waals surface area contributed by atoms with Crippen LogP contribution in [0.25, 0.3) is 10.2 Å². The summed E-state index contributed by atoms with van der Waals surface area (Å²) < 4.78 is 70.5. The zero-order valence-electron chi connectivity index (χ0n) is 31.7. The maximum atomic E-state index is 12.9. The number of hydrogen-bond donors (Lipinski definition) is 3. The number of carbonyl (C=O) groups is 2. The molecule has 52 heavy (non-hydrogen) atoms. The van der Waals surface area contributed by atoms with Gasteiger partial charge in [-0.05, 0) is 80.3 Å². The fourth-order valence-electron chi connectivity index (χ4n) is 6.06. The van der Waals surface area contributed by atoms with Gasteiger partial charge in [-0.2, -0.15) is 13.2 Å². The highest BCUT2D eigenvalue weighted by molar-refractivity contribution is 7.18. The van der Waals surface area contributed by atoms with Crippen LogP contribution in [0.15, 0.2) is 12.4 Å². The molecule has 0 aromatic carbocycles. The quantitative estimate of drug-likeness (QED) is 0.233. The summed E-state index contributed by atoms with van der Waals surface area (Å²) >= 11 is 1.01. The van der Waals surface area contributed by atoms with E-state index < -0.39 is 36.0 Å². The minimum absolute atomic E-state index is 0.0510. The fraction of sp³-hybridized carbons (Fsp3) is 0.765. The van der Waals surface area contributed by atoms with Gasteiger partial charge in [0.2, 0.25) is 0 Å². The summed E-state index contributed by atoms with van der Waals surface area (Å²) in [4.78, 5) is 35.2. The molecule has 6 atom stereocenters. The number of nitrogens with zero attached hydrogens (tertiary/aromatic N) is 3. The number of aromatic nitrogens is 2. The van der Waals surface area contributed by atoms with E-state index in [1.54, 1.807) is 27.9 Å². The Hall–Kier alpha value is -3.03. The van der Waals surface area contributed by atoms with E-state index in [9.17, 15) is 22.8 Å². The van der Waals surface area contributed by atoms with Crippen molar-refractivity contribution in [1.82, 2.24) is 25.9 Å². The van der Waals surface area contributed by atoms with E-state index in [0.29, 0.717) is 34.9 Å². The number of hydrogen-bond acceptors (Lipinski definition) is 13. The molecule has 4 rings (SSSR count). The van der Waals surface area contributed by atoms with Crippen LogP contribution in [0, 0.1) is 0 Å². The summed E-state index contributed by atoms with van der Waals surface area (Å²) in [7, 11) is 6.84. The van der Waals surface area contributed by atoms with Crippen LogP contribution in [0.3, 0.4) is 0 Å². The molecule has 2 aliphatic carbocycles. The van der Waals surface area contributed by atoms with Crippen molar-refractivity contribution >= 4 is 39.6 Å². The van der Waals surface area contributed by atoms with Gasteiger partial charge in [-0.15, -0.1) is 11.3 Å². The average Bonchev–Trinajstić information content (AvgIpc) is 3.72. The number of methoxy groups -OCH3 is 2. The first-order valence-corrected chi connectivity index (χ1v) is 17.9. The van der Waals surface area contributed by atoms with Gasteiger partial charge >= 0.3 is 18.4 Å². The average molecular weight is 765 g/mol. The summed E-state index contributed by atoms with van der Waals surface area (Å²) in [5, 5.41) is 9.53. The van der Waals surface area contributed by atoms with Crippen molar-refractivity contribution in [3.8, 4) is 0 Å². The van der Waals surface area contributed by atoms with Crippen molar-refractivity contribution in [3.05, 3.63) is 17.3 Å². The number of nitrogens with one attached hydrogen (secondary N) is 3. The van der Waals surface area contributed by atoms with Gasteiger partial charge in [-0.25, -0.2) is 19.6 Å². The van der Waals surface area contributed by atoms with Crippen LogP contribution in [-0.2, 0) is 34.8 Å². The van der Waals surface area contributed by atoms with Gasteiger partial charge < -0.3 is 49.3 Å². The molecule has 2 aromatic heterocycles. The number of fused-ring (bicyclic) bond motifs is 1. The number of anilines is 1. The Kier molecular flexibility index (Phi) is 15.7. The number of thiophene rings is 1. The molecule has 3 N–H and O–H groups in total. The van der Waals surface area contributed by atoms with Crippen molar-refractivity contribution in [3.63, 3.8) is 0 Å². The van der Waals surface area contributed by atoms with Gasteiger partial charge in [0.05, 0.1) is 36.1 Å². The van der Waals surface area contributed by atoms with Gasteiger partial charge in [-0.1, -0.05) is 0 Å². The lowest BCUT2D eigenvalue weighted by atomic mass is 10.2. The van der Waals surface area contributed by atoms with Crippen LogP contribution < -0.4 is 20.9 Å². The third-order valence-electron chi connectivity index (χ3n) is 8.21. The summed E-state index contributed by atoms with van der Waals surface area (Å²) in [6.07, 6.45) is -2.50. The van der Waals surface area contributed by atoms with Crippen molar-refractivity contribution in [2.75, 3.05) is 46.8 Å². The van der Waals surface area contributed by atoms with Crippen molar-refractivity contribution < 1.29 is 51.2 Å². The van der Waals surface area contributed by atoms with Crippen LogP contribution >= 0.6 is 11.3 Å². The Balaban J connectivity index is 0.000000326. The standard InChI is InChI=1S/C21H29F3N4O4S.C13H26N2O4/c1-20(2,3)32-19(29)27-15-6-12(7-16(15)31-11-30-5)28(4)17-14-8-13(9-21(22,23)24)33-18(14)26-10-25-17;1-13(2,3)19-12(16)15-10-6-9(14-4)7-11(10)18-8-17-5/h8,10,12,15-16H,6-7,9,11H2,1-5H3,(H,27,29);9-11,14H,6-8H2,1-5H3,(H,15,16)/t12-,15+,16-;9-,10+,11-/m00/s1. The van der Waals surface area contributed by atoms with Crippen LogP contribution in [0.4, 0.5) is 28.6 Å². The molecule has 2 amide bonds. The molecule has 2 aliphatic rings. The second-order valence-electron chi connectivity index (χ2n) is 14.8. The smallest absolute Gasteiger partial charge is 0.407 e. The maximum absolute atomic E-state index is 12.9. The minimum atomic E-state index is -4.29. The topological polar surface area (TPSA) is 155 Å². The molecule has 296 valence electrons. The second-order valence-corrected chi connectivity index (χ2v) is 16.0. The molecule has 0 aliphatic heterocycles. The first-order valence-electron chi connectivity index (χ1n) is 17.1. The molecule has 2 saturated carbocycles. The fourth-order valence-corrected chi connectivity index (χ4v) is 7.08. The van der Waals surface area contributed by atoms with Gasteiger partial charge in [0.1, 0.15) is 41.8 Å². The third-order valence-corrected chi connectivity index (χ3v) is 9.25. The lowest BCUT2D eigenvalue weighted by Gasteiger charge is -2.26. The van der Waals surface area contributed by atoms with Crippen molar-refractivity contribution in [2.24, 2.45) is 0 Å². The Morgan fingerprint density at radius 3 is 1.90 bits per heavy atom. The molecular formula is C34H55F3N6O8S. The van der Waals surface area contributed by atoms with E-state index in [2.05, 4.69) is 25.9 Å². The lowest BCUT2D eigenvalue weighted by molar-refractivity contribution is -0.126. The number of carbonyl (C=O) groups excluding carboxylic acids is 2. The van der Waals surface area contributed by atoms with Crippen LogP contribution in [0.5, 0.6) is 0 Å². The Morgan fingerprint density at radius 1 is 0.865 bits per heavy atom. The summed E-state index contributed by atoms with van der Waals surface area (Å²) in [6, 6.07) is 1.37. The Labute approximate surface area is 307 Å².